The van der Waals surface area contributed by atoms with Crippen LogP contribution in [0.25, 0.3) is 10.9 Å². The normalized spacial score (nSPS) is 10.9. The van der Waals surface area contributed by atoms with E-state index >= 15 is 0 Å². The standard InChI is InChI=1S/C23H27N3O2S/c1-14-5-6-16(3)20(10-14)25-23(29)26(7-8-27)13-18-12-19-17(4)9-15(2)11-21(19)24-22(18)28/h5-6,9-12,27H,7-8,13H2,1-4H3,(H,24,28)(H,25,29). The van der Waals surface area contributed by atoms with E-state index in [4.69, 9.17) is 12.2 Å². The number of aliphatic hydroxyl groups is 1. The summed E-state index contributed by atoms with van der Waals surface area (Å²) in [5.41, 5.74) is 6.67. The van der Waals surface area contributed by atoms with Crippen molar-refractivity contribution in [2.75, 3.05) is 18.5 Å². The Morgan fingerprint density at radius 3 is 2.55 bits per heavy atom. The second-order valence-corrected chi connectivity index (χ2v) is 7.95. The highest BCUT2D eigenvalue weighted by atomic mass is 32.1. The topological polar surface area (TPSA) is 68.4 Å². The van der Waals surface area contributed by atoms with Gasteiger partial charge in [0.15, 0.2) is 5.11 Å². The molecule has 0 aliphatic carbocycles. The van der Waals surface area contributed by atoms with Crippen molar-refractivity contribution in [3.63, 3.8) is 0 Å². The van der Waals surface area contributed by atoms with E-state index in [2.05, 4.69) is 16.4 Å². The van der Waals surface area contributed by atoms with Crippen LogP contribution in [0.3, 0.4) is 0 Å². The van der Waals surface area contributed by atoms with Crippen LogP contribution in [0, 0.1) is 27.7 Å². The Morgan fingerprint density at radius 1 is 1.07 bits per heavy atom. The zero-order valence-electron chi connectivity index (χ0n) is 17.3. The lowest BCUT2D eigenvalue weighted by atomic mass is 10.0. The van der Waals surface area contributed by atoms with Crippen molar-refractivity contribution in [3.05, 3.63) is 74.6 Å². The molecule has 0 radical (unpaired) electrons. The van der Waals surface area contributed by atoms with Gasteiger partial charge in [0, 0.05) is 28.7 Å². The Labute approximate surface area is 176 Å². The number of hydrogen-bond donors (Lipinski definition) is 3. The molecule has 1 aromatic heterocycles. The number of thiocarbonyl (C=S) groups is 1. The van der Waals surface area contributed by atoms with E-state index in [-0.39, 0.29) is 12.2 Å². The van der Waals surface area contributed by atoms with Gasteiger partial charge in [-0.05, 0) is 80.4 Å². The second kappa shape index (κ2) is 8.76. The van der Waals surface area contributed by atoms with Gasteiger partial charge in [0.1, 0.15) is 0 Å². The first-order chi connectivity index (χ1) is 13.8. The van der Waals surface area contributed by atoms with E-state index in [0.717, 1.165) is 38.8 Å². The maximum atomic E-state index is 12.7. The predicted octanol–water partition coefficient (Wildman–Crippen LogP) is 3.95. The van der Waals surface area contributed by atoms with Crippen molar-refractivity contribution >= 4 is 33.9 Å². The molecule has 0 atom stereocenters. The highest BCUT2D eigenvalue weighted by molar-refractivity contribution is 7.80. The molecule has 0 amide bonds. The molecule has 152 valence electrons. The highest BCUT2D eigenvalue weighted by Crippen LogP contribution is 2.20. The predicted molar refractivity (Wildman–Crippen MR) is 124 cm³/mol. The third kappa shape index (κ3) is 4.83. The summed E-state index contributed by atoms with van der Waals surface area (Å²) in [6, 6.07) is 12.1. The van der Waals surface area contributed by atoms with E-state index in [1.54, 1.807) is 0 Å². The van der Waals surface area contributed by atoms with E-state index in [1.807, 2.05) is 62.9 Å². The van der Waals surface area contributed by atoms with E-state index in [1.165, 1.54) is 0 Å². The van der Waals surface area contributed by atoms with Gasteiger partial charge >= 0.3 is 0 Å². The lowest BCUT2D eigenvalue weighted by Crippen LogP contribution is -2.38. The molecule has 0 aliphatic rings. The molecule has 0 bridgehead atoms. The Kier molecular flexibility index (Phi) is 6.35. The molecule has 0 unspecified atom stereocenters. The average Bonchev–Trinajstić information content (AvgIpc) is 2.65. The van der Waals surface area contributed by atoms with Crippen LogP contribution in [0.5, 0.6) is 0 Å². The first kappa shape index (κ1) is 21.0. The number of pyridine rings is 1. The molecule has 2 aromatic carbocycles. The van der Waals surface area contributed by atoms with Crippen LogP contribution >= 0.6 is 12.2 Å². The molecule has 6 heteroatoms. The van der Waals surface area contributed by atoms with Gasteiger partial charge in [-0.1, -0.05) is 18.2 Å². The number of hydrogen-bond acceptors (Lipinski definition) is 3. The van der Waals surface area contributed by atoms with E-state index < -0.39 is 0 Å². The number of benzene rings is 2. The molecule has 3 rings (SSSR count). The number of aromatic nitrogens is 1. The SMILES string of the molecule is Cc1ccc(C)c(NC(=S)N(CCO)Cc2cc3c(C)cc(C)cc3[nH]c2=O)c1. The number of H-pyrrole nitrogens is 1. The minimum absolute atomic E-state index is 0.0572. The molecule has 3 N–H and O–H groups in total. The molecule has 0 spiro atoms. The molecular formula is C23H27N3O2S. The zero-order valence-corrected chi connectivity index (χ0v) is 18.1. The first-order valence-electron chi connectivity index (χ1n) is 9.65. The quantitative estimate of drug-likeness (QED) is 0.557. The van der Waals surface area contributed by atoms with Gasteiger partial charge in [-0.2, -0.15) is 0 Å². The van der Waals surface area contributed by atoms with Crippen molar-refractivity contribution in [3.8, 4) is 0 Å². The lowest BCUT2D eigenvalue weighted by molar-refractivity contribution is 0.248. The van der Waals surface area contributed by atoms with Gasteiger partial charge in [0.25, 0.3) is 5.56 Å². The largest absolute Gasteiger partial charge is 0.395 e. The number of anilines is 1. The van der Waals surface area contributed by atoms with Crippen LogP contribution in [-0.4, -0.2) is 33.3 Å². The molecule has 0 aliphatic heterocycles. The summed E-state index contributed by atoms with van der Waals surface area (Å²) in [5, 5.41) is 14.3. The average molecular weight is 410 g/mol. The Bertz CT molecular complexity index is 1120. The molecule has 0 saturated heterocycles. The summed E-state index contributed by atoms with van der Waals surface area (Å²) in [6.45, 7) is 8.68. The van der Waals surface area contributed by atoms with Gasteiger partial charge in [-0.3, -0.25) is 4.79 Å². The number of rotatable bonds is 5. The molecule has 0 fully saturated rings. The maximum Gasteiger partial charge on any atom is 0.253 e. The third-order valence-corrected chi connectivity index (χ3v) is 5.40. The summed E-state index contributed by atoms with van der Waals surface area (Å²) in [6.07, 6.45) is 0. The van der Waals surface area contributed by atoms with Gasteiger partial charge < -0.3 is 20.3 Å². The Balaban J connectivity index is 1.90. The number of nitrogens with zero attached hydrogens (tertiary/aromatic N) is 1. The van der Waals surface area contributed by atoms with Crippen LogP contribution in [0.1, 0.15) is 27.8 Å². The molecular weight excluding hydrogens is 382 g/mol. The number of nitrogens with one attached hydrogen (secondary N) is 2. The third-order valence-electron chi connectivity index (χ3n) is 5.04. The first-order valence-corrected chi connectivity index (χ1v) is 10.1. The van der Waals surface area contributed by atoms with E-state index in [0.29, 0.717) is 23.8 Å². The smallest absolute Gasteiger partial charge is 0.253 e. The van der Waals surface area contributed by atoms with Crippen molar-refractivity contribution < 1.29 is 5.11 Å². The monoisotopic (exact) mass is 409 g/mol. The number of fused-ring (bicyclic) bond motifs is 1. The number of aromatic amines is 1. The van der Waals surface area contributed by atoms with Crippen molar-refractivity contribution in [2.45, 2.75) is 34.2 Å². The van der Waals surface area contributed by atoms with Crippen molar-refractivity contribution in [1.82, 2.24) is 9.88 Å². The van der Waals surface area contributed by atoms with Gasteiger partial charge in [0.2, 0.25) is 0 Å². The zero-order chi connectivity index (χ0) is 21.1. The van der Waals surface area contributed by atoms with Crippen LogP contribution in [-0.2, 0) is 6.54 Å². The minimum atomic E-state index is -0.139. The summed E-state index contributed by atoms with van der Waals surface area (Å²) >= 11 is 5.60. The van der Waals surface area contributed by atoms with Crippen LogP contribution < -0.4 is 10.9 Å². The van der Waals surface area contributed by atoms with Crippen LogP contribution in [0.4, 0.5) is 5.69 Å². The summed E-state index contributed by atoms with van der Waals surface area (Å²) in [4.78, 5) is 17.5. The fourth-order valence-corrected chi connectivity index (χ4v) is 3.74. The molecule has 1 heterocycles. The Morgan fingerprint density at radius 2 is 1.83 bits per heavy atom. The summed E-state index contributed by atoms with van der Waals surface area (Å²) < 4.78 is 0. The van der Waals surface area contributed by atoms with Crippen LogP contribution in [0.15, 0.2) is 41.2 Å². The lowest BCUT2D eigenvalue weighted by Gasteiger charge is -2.26. The second-order valence-electron chi connectivity index (χ2n) is 7.56. The summed E-state index contributed by atoms with van der Waals surface area (Å²) in [5.74, 6) is 0. The van der Waals surface area contributed by atoms with Crippen LogP contribution in [0.2, 0.25) is 0 Å². The molecule has 29 heavy (non-hydrogen) atoms. The number of aliphatic hydroxyl groups excluding tert-OH is 1. The fourth-order valence-electron chi connectivity index (χ4n) is 3.48. The maximum absolute atomic E-state index is 12.7. The van der Waals surface area contributed by atoms with Crippen molar-refractivity contribution in [2.24, 2.45) is 0 Å². The summed E-state index contributed by atoms with van der Waals surface area (Å²) in [7, 11) is 0. The van der Waals surface area contributed by atoms with Gasteiger partial charge in [0.05, 0.1) is 13.2 Å². The minimum Gasteiger partial charge on any atom is -0.395 e. The fraction of sp³-hybridized carbons (Fsp3) is 0.304. The highest BCUT2D eigenvalue weighted by Gasteiger charge is 2.14. The van der Waals surface area contributed by atoms with E-state index in [9.17, 15) is 9.90 Å². The molecule has 5 nitrogen and oxygen atoms in total. The number of aryl methyl sites for hydroxylation is 4. The Hall–Kier alpha value is -2.70. The van der Waals surface area contributed by atoms with Crippen molar-refractivity contribution in [1.29, 1.82) is 0 Å². The molecule has 3 aromatic rings. The van der Waals surface area contributed by atoms with Gasteiger partial charge in [-0.15, -0.1) is 0 Å². The van der Waals surface area contributed by atoms with Gasteiger partial charge in [-0.25, -0.2) is 0 Å². The molecule has 0 saturated carbocycles.